The quantitative estimate of drug-likeness (QED) is 0.234. The highest BCUT2D eigenvalue weighted by Gasteiger charge is 2.31. The number of hydrogen-bond acceptors (Lipinski definition) is 7. The third-order valence-corrected chi connectivity index (χ3v) is 7.45. The van der Waals surface area contributed by atoms with E-state index in [9.17, 15) is 14.4 Å². The van der Waals surface area contributed by atoms with Crippen molar-refractivity contribution in [1.29, 1.82) is 0 Å². The van der Waals surface area contributed by atoms with Gasteiger partial charge in [-0.15, -0.1) is 0 Å². The van der Waals surface area contributed by atoms with Crippen LogP contribution in [0.2, 0.25) is 0 Å². The molecule has 0 radical (unpaired) electrons. The molecule has 1 fully saturated rings. The van der Waals surface area contributed by atoms with Gasteiger partial charge >= 0.3 is 0 Å². The van der Waals surface area contributed by atoms with Gasteiger partial charge in [-0.2, -0.15) is 10.1 Å². The highest BCUT2D eigenvalue weighted by molar-refractivity contribution is 6.45. The van der Waals surface area contributed by atoms with E-state index >= 15 is 4.39 Å². The minimum absolute atomic E-state index is 0.0221. The summed E-state index contributed by atoms with van der Waals surface area (Å²) in [6.45, 7) is 5.43. The smallest absolute Gasteiger partial charge is 0.295 e. The highest BCUT2D eigenvalue weighted by Crippen LogP contribution is 2.31. The van der Waals surface area contributed by atoms with Crippen LogP contribution in [0, 0.1) is 19.7 Å². The van der Waals surface area contributed by atoms with Crippen LogP contribution in [-0.4, -0.2) is 78.5 Å². The molecule has 0 bridgehead atoms. The molecule has 0 spiro atoms. The Bertz CT molecular complexity index is 1800. The van der Waals surface area contributed by atoms with Crippen molar-refractivity contribution in [3.8, 4) is 11.5 Å². The van der Waals surface area contributed by atoms with Gasteiger partial charge in [-0.1, -0.05) is 23.4 Å². The van der Waals surface area contributed by atoms with Crippen LogP contribution in [0.4, 0.5) is 4.39 Å². The van der Waals surface area contributed by atoms with Crippen LogP contribution in [0.15, 0.2) is 59.3 Å². The molecule has 1 aliphatic heterocycles. The van der Waals surface area contributed by atoms with Gasteiger partial charge in [0.15, 0.2) is 5.82 Å². The van der Waals surface area contributed by atoms with Crippen LogP contribution in [0.3, 0.4) is 0 Å². The number of rotatable bonds is 7. The lowest BCUT2D eigenvalue weighted by Crippen LogP contribution is -2.52. The molecule has 1 saturated heterocycles. The van der Waals surface area contributed by atoms with Crippen molar-refractivity contribution in [3.05, 3.63) is 88.9 Å². The van der Waals surface area contributed by atoms with Gasteiger partial charge in [-0.3, -0.25) is 19.1 Å². The van der Waals surface area contributed by atoms with Gasteiger partial charge < -0.3 is 19.3 Å². The molecule has 4 heterocycles. The van der Waals surface area contributed by atoms with Crippen molar-refractivity contribution in [3.63, 3.8) is 0 Å². The van der Waals surface area contributed by atoms with E-state index in [1.807, 2.05) is 30.7 Å². The summed E-state index contributed by atoms with van der Waals surface area (Å²) in [7, 11) is 0. The molecule has 0 aliphatic carbocycles. The van der Waals surface area contributed by atoms with Crippen LogP contribution < -0.4 is 0 Å². The van der Waals surface area contributed by atoms with E-state index in [4.69, 9.17) is 4.52 Å². The second-order valence-electron chi connectivity index (χ2n) is 10.2. The van der Waals surface area contributed by atoms with Crippen LogP contribution in [-0.2, 0) is 17.8 Å². The zero-order valence-corrected chi connectivity index (χ0v) is 23.1. The molecule has 214 valence electrons. The zero-order valence-electron chi connectivity index (χ0n) is 23.1. The van der Waals surface area contributed by atoms with Gasteiger partial charge in [0.05, 0.1) is 22.3 Å². The number of ketones is 1. The number of amides is 2. The fraction of sp³-hybridized carbons (Fsp3) is 0.267. The lowest BCUT2D eigenvalue weighted by Gasteiger charge is -2.34. The fourth-order valence-corrected chi connectivity index (χ4v) is 5.27. The second kappa shape index (κ2) is 11.0. The number of nitrogens with zero attached hydrogens (tertiary/aromatic N) is 6. The van der Waals surface area contributed by atoms with E-state index in [-0.39, 0.29) is 54.4 Å². The van der Waals surface area contributed by atoms with Crippen LogP contribution in [0.1, 0.15) is 37.9 Å². The summed E-state index contributed by atoms with van der Waals surface area (Å²) in [5.74, 6) is -1.76. The number of Topliss-reactive ketones (excluding diaryl/α,β-unsaturated/α-hetero) is 1. The van der Waals surface area contributed by atoms with E-state index in [0.717, 1.165) is 11.4 Å². The predicted molar refractivity (Wildman–Crippen MR) is 150 cm³/mol. The molecule has 11 nitrogen and oxygen atoms in total. The van der Waals surface area contributed by atoms with Crippen LogP contribution in [0.5, 0.6) is 0 Å². The molecule has 12 heteroatoms. The van der Waals surface area contributed by atoms with E-state index < -0.39 is 17.5 Å². The summed E-state index contributed by atoms with van der Waals surface area (Å²) in [5, 5.41) is 8.47. The molecule has 42 heavy (non-hydrogen) atoms. The zero-order chi connectivity index (χ0) is 29.4. The number of carbonyl (C=O) groups is 3. The van der Waals surface area contributed by atoms with Gasteiger partial charge in [-0.05, 0) is 44.2 Å². The summed E-state index contributed by atoms with van der Waals surface area (Å²) in [6, 6.07) is 13.6. The molecule has 1 N–H and O–H groups in total. The molecule has 0 atom stereocenters. The number of benzene rings is 2. The van der Waals surface area contributed by atoms with Crippen molar-refractivity contribution < 1.29 is 23.3 Å². The number of nitrogens with one attached hydrogen (secondary N) is 1. The van der Waals surface area contributed by atoms with Crippen molar-refractivity contribution in [1.82, 2.24) is 34.7 Å². The monoisotopic (exact) mass is 569 g/mol. The van der Waals surface area contributed by atoms with Gasteiger partial charge in [-0.25, -0.2) is 4.39 Å². The molecular weight excluding hydrogens is 541 g/mol. The molecular formula is C30H28FN7O4. The molecule has 3 aromatic heterocycles. The number of aromatic nitrogens is 5. The first-order valence-electron chi connectivity index (χ1n) is 13.6. The molecule has 0 saturated carbocycles. The SMILES string of the molecule is Cc1cc(C)n(CCc2noc(-c3ccc(F)c4c(C(=O)C(=O)N5CCN(C(=O)c6ccccc6)CC5)c[nH]c34)n2)n1. The Labute approximate surface area is 239 Å². The summed E-state index contributed by atoms with van der Waals surface area (Å²) < 4.78 is 22.4. The number of aryl methyl sites for hydroxylation is 4. The van der Waals surface area contributed by atoms with Crippen molar-refractivity contribution in [2.75, 3.05) is 26.2 Å². The molecule has 1 aliphatic rings. The highest BCUT2D eigenvalue weighted by atomic mass is 19.1. The van der Waals surface area contributed by atoms with E-state index in [2.05, 4.69) is 20.2 Å². The lowest BCUT2D eigenvalue weighted by molar-refractivity contribution is -0.127. The van der Waals surface area contributed by atoms with Crippen molar-refractivity contribution >= 4 is 28.5 Å². The van der Waals surface area contributed by atoms with Gasteiger partial charge in [0, 0.05) is 62.0 Å². The maximum Gasteiger partial charge on any atom is 0.295 e. The third-order valence-electron chi connectivity index (χ3n) is 7.45. The first-order chi connectivity index (χ1) is 20.3. The summed E-state index contributed by atoms with van der Waals surface area (Å²) >= 11 is 0. The normalized spacial score (nSPS) is 13.6. The third kappa shape index (κ3) is 5.06. The first-order valence-corrected chi connectivity index (χ1v) is 13.6. The predicted octanol–water partition coefficient (Wildman–Crippen LogP) is 3.58. The standard InChI is InChI=1S/C30H28FN7O4/c1-18-16-19(2)38(34-18)11-10-24-33-28(42-35-24)21-8-9-23(31)25-22(17-32-26(21)25)27(39)30(41)37-14-12-36(13-15-37)29(40)20-6-4-3-5-7-20/h3-9,16-17,32H,10-15H2,1-2H3. The Morgan fingerprint density at radius 3 is 2.45 bits per heavy atom. The second-order valence-corrected chi connectivity index (χ2v) is 10.2. The van der Waals surface area contributed by atoms with E-state index in [0.29, 0.717) is 29.9 Å². The number of piperazine rings is 1. The Morgan fingerprint density at radius 1 is 1.00 bits per heavy atom. The number of fused-ring (bicyclic) bond motifs is 1. The Morgan fingerprint density at radius 2 is 1.74 bits per heavy atom. The molecule has 0 unspecified atom stereocenters. The van der Waals surface area contributed by atoms with Gasteiger partial charge in [0.25, 0.3) is 23.5 Å². The minimum atomic E-state index is -0.837. The molecule has 2 aromatic carbocycles. The van der Waals surface area contributed by atoms with Crippen molar-refractivity contribution in [2.24, 2.45) is 0 Å². The maximum atomic E-state index is 15.1. The van der Waals surface area contributed by atoms with E-state index in [1.165, 1.54) is 23.2 Å². The molecule has 2 amide bonds. The lowest BCUT2D eigenvalue weighted by atomic mass is 10.0. The number of hydrogen-bond donors (Lipinski definition) is 1. The molecule has 5 aromatic rings. The Balaban J connectivity index is 1.17. The minimum Gasteiger partial charge on any atom is -0.360 e. The van der Waals surface area contributed by atoms with Crippen LogP contribution in [0.25, 0.3) is 22.4 Å². The average molecular weight is 570 g/mol. The summed E-state index contributed by atoms with van der Waals surface area (Å²) in [6.07, 6.45) is 1.80. The first kappa shape index (κ1) is 27.1. The topological polar surface area (TPSA) is 130 Å². The Kier molecular flexibility index (Phi) is 7.11. The number of halogens is 1. The number of carbonyl (C=O) groups excluding carboxylic acids is 3. The summed E-state index contributed by atoms with van der Waals surface area (Å²) in [5.41, 5.74) is 3.12. The largest absolute Gasteiger partial charge is 0.360 e. The number of H-pyrrole nitrogens is 1. The summed E-state index contributed by atoms with van der Waals surface area (Å²) in [4.78, 5) is 49.6. The maximum absolute atomic E-state index is 15.1. The van der Waals surface area contributed by atoms with E-state index in [1.54, 1.807) is 29.2 Å². The molecule has 6 rings (SSSR count). The Hall–Kier alpha value is -5.13. The average Bonchev–Trinajstić information content (AvgIpc) is 3.74. The van der Waals surface area contributed by atoms with Gasteiger partial charge in [0.2, 0.25) is 0 Å². The fourth-order valence-electron chi connectivity index (χ4n) is 5.27. The van der Waals surface area contributed by atoms with Gasteiger partial charge in [0.1, 0.15) is 5.82 Å². The van der Waals surface area contributed by atoms with Crippen LogP contribution >= 0.6 is 0 Å². The number of aromatic amines is 1. The van der Waals surface area contributed by atoms with Crippen molar-refractivity contribution in [2.45, 2.75) is 26.8 Å².